The summed E-state index contributed by atoms with van der Waals surface area (Å²) in [7, 11) is 0. The standard InChI is InChI=1S/C16H22ClNO2/c1-10(2)8-18-9-12-5-13(12)11-6-14(17)16-15(7-11)19-3-4-20-16/h6-7,10,12-13,18H,3-5,8-9H2,1-2H3. The lowest BCUT2D eigenvalue weighted by Gasteiger charge is -2.20. The number of nitrogens with one attached hydrogen (secondary N) is 1. The van der Waals surface area contributed by atoms with Gasteiger partial charge in [-0.3, -0.25) is 0 Å². The number of benzene rings is 1. The second-order valence-corrected chi connectivity index (χ2v) is 6.59. The van der Waals surface area contributed by atoms with Crippen LogP contribution in [0.4, 0.5) is 0 Å². The van der Waals surface area contributed by atoms with E-state index in [1.54, 1.807) is 0 Å². The zero-order valence-electron chi connectivity index (χ0n) is 12.1. The van der Waals surface area contributed by atoms with Gasteiger partial charge < -0.3 is 14.8 Å². The van der Waals surface area contributed by atoms with Crippen molar-refractivity contribution < 1.29 is 9.47 Å². The van der Waals surface area contributed by atoms with E-state index in [0.29, 0.717) is 35.8 Å². The number of halogens is 1. The van der Waals surface area contributed by atoms with E-state index in [1.165, 1.54) is 12.0 Å². The fourth-order valence-corrected chi connectivity index (χ4v) is 3.06. The normalized spacial score (nSPS) is 24.0. The Balaban J connectivity index is 1.63. The minimum absolute atomic E-state index is 0.581. The third-order valence-electron chi connectivity index (χ3n) is 3.93. The molecular formula is C16H22ClNO2. The van der Waals surface area contributed by atoms with Crippen molar-refractivity contribution in [3.05, 3.63) is 22.7 Å². The van der Waals surface area contributed by atoms with Crippen LogP contribution >= 0.6 is 11.6 Å². The Labute approximate surface area is 125 Å². The first kappa shape index (κ1) is 14.0. The predicted molar refractivity (Wildman–Crippen MR) is 81.0 cm³/mol. The Morgan fingerprint density at radius 1 is 1.30 bits per heavy atom. The lowest BCUT2D eigenvalue weighted by Crippen LogP contribution is -2.22. The molecule has 0 bridgehead atoms. The summed E-state index contributed by atoms with van der Waals surface area (Å²) >= 11 is 6.29. The number of fused-ring (bicyclic) bond motifs is 1. The van der Waals surface area contributed by atoms with Crippen LogP contribution in [0.1, 0.15) is 31.7 Å². The average molecular weight is 296 g/mol. The summed E-state index contributed by atoms with van der Waals surface area (Å²) in [6.45, 7) is 7.84. The molecule has 2 aliphatic rings. The van der Waals surface area contributed by atoms with E-state index in [1.807, 2.05) is 6.07 Å². The summed E-state index contributed by atoms with van der Waals surface area (Å²) in [6, 6.07) is 4.15. The van der Waals surface area contributed by atoms with E-state index in [9.17, 15) is 0 Å². The maximum absolute atomic E-state index is 6.29. The van der Waals surface area contributed by atoms with Gasteiger partial charge in [0.1, 0.15) is 13.2 Å². The fraction of sp³-hybridized carbons (Fsp3) is 0.625. The minimum Gasteiger partial charge on any atom is -0.486 e. The Morgan fingerprint density at radius 3 is 2.90 bits per heavy atom. The number of ether oxygens (including phenoxy) is 2. The van der Waals surface area contributed by atoms with Crippen LogP contribution in [0.3, 0.4) is 0 Å². The SMILES string of the molecule is CC(C)CNCC1CC1c1cc(Cl)c2c(c1)OCCO2. The summed E-state index contributed by atoms with van der Waals surface area (Å²) in [5, 5.41) is 4.21. The molecule has 0 spiro atoms. The first-order chi connectivity index (χ1) is 9.65. The van der Waals surface area contributed by atoms with Gasteiger partial charge in [0.05, 0.1) is 5.02 Å². The van der Waals surface area contributed by atoms with Crippen LogP contribution in [0.5, 0.6) is 11.5 Å². The van der Waals surface area contributed by atoms with E-state index in [2.05, 4.69) is 25.2 Å². The zero-order valence-corrected chi connectivity index (χ0v) is 12.9. The summed E-state index contributed by atoms with van der Waals surface area (Å²) in [4.78, 5) is 0. The number of hydrogen-bond donors (Lipinski definition) is 1. The van der Waals surface area contributed by atoms with Gasteiger partial charge in [-0.25, -0.2) is 0 Å². The molecule has 1 saturated carbocycles. The molecule has 1 aromatic rings. The molecule has 4 heteroatoms. The van der Waals surface area contributed by atoms with Gasteiger partial charge in [-0.15, -0.1) is 0 Å². The van der Waals surface area contributed by atoms with Crippen molar-refractivity contribution in [1.29, 1.82) is 0 Å². The molecule has 1 aromatic carbocycles. The molecule has 2 unspecified atom stereocenters. The molecule has 3 nitrogen and oxygen atoms in total. The summed E-state index contributed by atoms with van der Waals surface area (Å²) < 4.78 is 11.2. The highest BCUT2D eigenvalue weighted by atomic mass is 35.5. The number of hydrogen-bond acceptors (Lipinski definition) is 3. The van der Waals surface area contributed by atoms with Gasteiger partial charge in [0, 0.05) is 0 Å². The Kier molecular flexibility index (Phi) is 4.08. The van der Waals surface area contributed by atoms with Gasteiger partial charge in [0.15, 0.2) is 11.5 Å². The summed E-state index contributed by atoms with van der Waals surface area (Å²) in [5.41, 5.74) is 1.29. The molecule has 1 aliphatic heterocycles. The Bertz CT molecular complexity index is 490. The van der Waals surface area contributed by atoms with Gasteiger partial charge in [0.25, 0.3) is 0 Å². The Hall–Kier alpha value is -0.930. The first-order valence-corrected chi connectivity index (χ1v) is 7.82. The van der Waals surface area contributed by atoms with Crippen LogP contribution in [0, 0.1) is 11.8 Å². The van der Waals surface area contributed by atoms with Crippen molar-refractivity contribution >= 4 is 11.6 Å². The molecule has 0 saturated heterocycles. The van der Waals surface area contributed by atoms with Gasteiger partial charge in [-0.05, 0) is 55.0 Å². The molecule has 1 heterocycles. The van der Waals surface area contributed by atoms with Gasteiger partial charge in [0.2, 0.25) is 0 Å². The Morgan fingerprint density at radius 2 is 2.10 bits per heavy atom. The van der Waals surface area contributed by atoms with Crippen molar-refractivity contribution in [3.8, 4) is 11.5 Å². The van der Waals surface area contributed by atoms with Crippen molar-refractivity contribution in [2.75, 3.05) is 26.3 Å². The van der Waals surface area contributed by atoms with Crippen molar-refractivity contribution in [1.82, 2.24) is 5.32 Å². The smallest absolute Gasteiger partial charge is 0.179 e. The van der Waals surface area contributed by atoms with Crippen molar-refractivity contribution in [2.45, 2.75) is 26.2 Å². The van der Waals surface area contributed by atoms with E-state index < -0.39 is 0 Å². The third kappa shape index (κ3) is 3.04. The monoisotopic (exact) mass is 295 g/mol. The van der Waals surface area contributed by atoms with E-state index in [4.69, 9.17) is 21.1 Å². The van der Waals surface area contributed by atoms with Crippen LogP contribution in [0.2, 0.25) is 5.02 Å². The molecule has 20 heavy (non-hydrogen) atoms. The van der Waals surface area contributed by atoms with Crippen LogP contribution in [-0.4, -0.2) is 26.3 Å². The molecule has 110 valence electrons. The van der Waals surface area contributed by atoms with Gasteiger partial charge in [-0.2, -0.15) is 0 Å². The van der Waals surface area contributed by atoms with E-state index >= 15 is 0 Å². The topological polar surface area (TPSA) is 30.5 Å². The molecule has 1 fully saturated rings. The highest BCUT2D eigenvalue weighted by Gasteiger charge is 2.38. The maximum Gasteiger partial charge on any atom is 0.179 e. The second-order valence-electron chi connectivity index (χ2n) is 6.18. The lowest BCUT2D eigenvalue weighted by atomic mass is 10.1. The molecule has 1 N–H and O–H groups in total. The van der Waals surface area contributed by atoms with Gasteiger partial charge in [-0.1, -0.05) is 25.4 Å². The van der Waals surface area contributed by atoms with Crippen LogP contribution < -0.4 is 14.8 Å². The molecule has 2 atom stereocenters. The van der Waals surface area contributed by atoms with Crippen LogP contribution in [0.15, 0.2) is 12.1 Å². The highest BCUT2D eigenvalue weighted by molar-refractivity contribution is 6.32. The van der Waals surface area contributed by atoms with Gasteiger partial charge >= 0.3 is 0 Å². The highest BCUT2D eigenvalue weighted by Crippen LogP contribution is 2.50. The lowest BCUT2D eigenvalue weighted by molar-refractivity contribution is 0.171. The molecule has 0 aromatic heterocycles. The summed E-state index contributed by atoms with van der Waals surface area (Å²) in [5.74, 6) is 3.56. The molecular weight excluding hydrogens is 274 g/mol. The second kappa shape index (κ2) is 5.82. The quantitative estimate of drug-likeness (QED) is 0.902. The molecule has 3 rings (SSSR count). The number of rotatable bonds is 5. The average Bonchev–Trinajstić information content (AvgIpc) is 3.18. The van der Waals surface area contributed by atoms with Crippen LogP contribution in [-0.2, 0) is 0 Å². The molecule has 0 radical (unpaired) electrons. The zero-order chi connectivity index (χ0) is 14.1. The minimum atomic E-state index is 0.581. The summed E-state index contributed by atoms with van der Waals surface area (Å²) in [6.07, 6.45) is 1.24. The predicted octanol–water partition coefficient (Wildman–Crippen LogP) is 3.46. The maximum atomic E-state index is 6.29. The van der Waals surface area contributed by atoms with Crippen LogP contribution in [0.25, 0.3) is 0 Å². The van der Waals surface area contributed by atoms with E-state index in [0.717, 1.165) is 24.8 Å². The fourth-order valence-electron chi connectivity index (χ4n) is 2.78. The van der Waals surface area contributed by atoms with Crippen molar-refractivity contribution in [2.24, 2.45) is 11.8 Å². The van der Waals surface area contributed by atoms with Crippen molar-refractivity contribution in [3.63, 3.8) is 0 Å². The largest absolute Gasteiger partial charge is 0.486 e. The molecule has 1 aliphatic carbocycles. The first-order valence-electron chi connectivity index (χ1n) is 7.45. The molecule has 0 amide bonds. The third-order valence-corrected chi connectivity index (χ3v) is 4.21. The van der Waals surface area contributed by atoms with E-state index in [-0.39, 0.29) is 0 Å².